The van der Waals surface area contributed by atoms with Crippen LogP contribution in [-0.4, -0.2) is 14.8 Å². The van der Waals surface area contributed by atoms with Crippen molar-refractivity contribution >= 4 is 22.7 Å². The van der Waals surface area contributed by atoms with Crippen LogP contribution in [0.4, 0.5) is 0 Å². The molecule has 28 heavy (non-hydrogen) atoms. The minimum absolute atomic E-state index is 0.324. The van der Waals surface area contributed by atoms with E-state index in [4.69, 9.17) is 4.42 Å². The lowest BCUT2D eigenvalue weighted by atomic mass is 10.1. The maximum absolute atomic E-state index is 11.9. The predicted molar refractivity (Wildman–Crippen MR) is 112 cm³/mol. The number of rotatable bonds is 6. The zero-order valence-electron chi connectivity index (χ0n) is 15.9. The largest absolute Gasteiger partial charge is 0.423 e. The fourth-order valence-corrected chi connectivity index (χ4v) is 4.26. The van der Waals surface area contributed by atoms with Crippen molar-refractivity contribution in [3.8, 4) is 0 Å². The van der Waals surface area contributed by atoms with Crippen molar-refractivity contribution in [1.82, 2.24) is 14.8 Å². The Hall–Kier alpha value is -2.86. The summed E-state index contributed by atoms with van der Waals surface area (Å²) in [6.45, 7) is 4.88. The second kappa shape index (κ2) is 8.02. The van der Waals surface area contributed by atoms with Gasteiger partial charge in [-0.15, -0.1) is 10.2 Å². The topological polar surface area (TPSA) is 60.9 Å². The summed E-state index contributed by atoms with van der Waals surface area (Å²) in [7, 11) is 0. The molecule has 2 aromatic heterocycles. The van der Waals surface area contributed by atoms with Crippen LogP contribution in [-0.2, 0) is 18.7 Å². The zero-order chi connectivity index (χ0) is 19.5. The average molecular weight is 391 g/mol. The second-order valence-corrected chi connectivity index (χ2v) is 7.63. The van der Waals surface area contributed by atoms with Gasteiger partial charge < -0.3 is 8.98 Å². The van der Waals surface area contributed by atoms with Crippen LogP contribution in [0, 0.1) is 6.92 Å². The van der Waals surface area contributed by atoms with E-state index < -0.39 is 0 Å². The van der Waals surface area contributed by atoms with Crippen molar-refractivity contribution in [2.75, 3.05) is 0 Å². The van der Waals surface area contributed by atoms with Crippen molar-refractivity contribution in [2.24, 2.45) is 0 Å². The lowest BCUT2D eigenvalue weighted by Gasteiger charge is -2.08. The molecule has 0 radical (unpaired) electrons. The summed E-state index contributed by atoms with van der Waals surface area (Å²) in [4.78, 5) is 11.9. The number of benzene rings is 2. The van der Waals surface area contributed by atoms with Crippen molar-refractivity contribution in [3.63, 3.8) is 0 Å². The molecule has 6 heteroatoms. The molecule has 0 aliphatic rings. The van der Waals surface area contributed by atoms with Gasteiger partial charge in [-0.1, -0.05) is 54.2 Å². The van der Waals surface area contributed by atoms with E-state index in [-0.39, 0.29) is 5.63 Å². The quantitative estimate of drug-likeness (QED) is 0.355. The van der Waals surface area contributed by atoms with Gasteiger partial charge in [-0.2, -0.15) is 0 Å². The molecule has 0 fully saturated rings. The molecule has 4 aromatic rings. The summed E-state index contributed by atoms with van der Waals surface area (Å²) in [5.41, 5.74) is 3.53. The first-order valence-corrected chi connectivity index (χ1v) is 10.2. The van der Waals surface area contributed by atoms with E-state index in [0.29, 0.717) is 11.3 Å². The van der Waals surface area contributed by atoms with E-state index in [9.17, 15) is 4.79 Å². The highest BCUT2D eigenvalue weighted by Gasteiger charge is 2.13. The minimum Gasteiger partial charge on any atom is -0.423 e. The fraction of sp³-hybridized carbons (Fsp3) is 0.227. The highest BCUT2D eigenvalue weighted by molar-refractivity contribution is 7.98. The first-order chi connectivity index (χ1) is 13.6. The molecule has 2 heterocycles. The Morgan fingerprint density at radius 3 is 2.68 bits per heavy atom. The van der Waals surface area contributed by atoms with Gasteiger partial charge in [0.25, 0.3) is 0 Å². The maximum Gasteiger partial charge on any atom is 0.336 e. The van der Waals surface area contributed by atoms with Gasteiger partial charge in [-0.25, -0.2) is 4.79 Å². The molecular weight excluding hydrogens is 370 g/mol. The molecular formula is C22H21N3O2S. The summed E-state index contributed by atoms with van der Waals surface area (Å²) in [5, 5.41) is 10.6. The third kappa shape index (κ3) is 3.87. The molecule has 0 unspecified atom stereocenters. The van der Waals surface area contributed by atoms with Crippen molar-refractivity contribution in [2.45, 2.75) is 37.7 Å². The molecule has 5 nitrogen and oxygen atoms in total. The molecule has 142 valence electrons. The number of aryl methyl sites for hydroxylation is 1. The summed E-state index contributed by atoms with van der Waals surface area (Å²) >= 11 is 1.59. The third-order valence-electron chi connectivity index (χ3n) is 4.66. The number of hydrogen-bond acceptors (Lipinski definition) is 5. The Balaban J connectivity index is 1.59. The molecule has 0 atom stereocenters. The van der Waals surface area contributed by atoms with E-state index in [1.54, 1.807) is 17.8 Å². The first-order valence-electron chi connectivity index (χ1n) is 9.26. The Morgan fingerprint density at radius 2 is 1.89 bits per heavy atom. The summed E-state index contributed by atoms with van der Waals surface area (Å²) in [6.07, 6.45) is 0.749. The highest BCUT2D eigenvalue weighted by Crippen LogP contribution is 2.27. The monoisotopic (exact) mass is 391 g/mol. The van der Waals surface area contributed by atoms with E-state index in [1.807, 2.05) is 43.3 Å². The molecule has 0 saturated heterocycles. The minimum atomic E-state index is -0.324. The molecule has 4 rings (SSSR count). The van der Waals surface area contributed by atoms with Crippen LogP contribution in [0.15, 0.2) is 69.0 Å². The van der Waals surface area contributed by atoms with Gasteiger partial charge in [-0.3, -0.25) is 0 Å². The Labute approximate surface area is 167 Å². The molecule has 0 aliphatic heterocycles. The van der Waals surface area contributed by atoms with Crippen molar-refractivity contribution in [1.29, 1.82) is 0 Å². The molecule has 0 spiro atoms. The highest BCUT2D eigenvalue weighted by atomic mass is 32.2. The first kappa shape index (κ1) is 18.5. The predicted octanol–water partition coefficient (Wildman–Crippen LogP) is 4.60. The normalized spacial score (nSPS) is 11.2. The van der Waals surface area contributed by atoms with E-state index in [0.717, 1.165) is 40.5 Å². The van der Waals surface area contributed by atoms with Crippen LogP contribution in [0.2, 0.25) is 0 Å². The molecule has 0 saturated carbocycles. The van der Waals surface area contributed by atoms with Gasteiger partial charge in [0.15, 0.2) is 5.16 Å². The van der Waals surface area contributed by atoms with E-state index in [2.05, 4.69) is 33.8 Å². The third-order valence-corrected chi connectivity index (χ3v) is 5.67. The van der Waals surface area contributed by atoms with Crippen molar-refractivity contribution in [3.05, 3.63) is 87.5 Å². The van der Waals surface area contributed by atoms with Gasteiger partial charge in [0.05, 0.1) is 0 Å². The van der Waals surface area contributed by atoms with Crippen LogP contribution in [0.5, 0.6) is 0 Å². The second-order valence-electron chi connectivity index (χ2n) is 6.68. The van der Waals surface area contributed by atoms with Crippen LogP contribution >= 0.6 is 11.8 Å². The molecule has 0 aliphatic carbocycles. The lowest BCUT2D eigenvalue weighted by molar-refractivity contribution is 0.559. The zero-order valence-corrected chi connectivity index (χ0v) is 16.7. The molecule has 0 N–H and O–H groups in total. The molecule has 0 bridgehead atoms. The SMILES string of the molecule is CCn1c(Cc2ccccc2)nnc1SCc1cc(=O)oc2cc(C)ccc12. The van der Waals surface area contributed by atoms with Gasteiger partial charge in [0.2, 0.25) is 0 Å². The van der Waals surface area contributed by atoms with Gasteiger partial charge in [0, 0.05) is 30.2 Å². The number of thioether (sulfide) groups is 1. The van der Waals surface area contributed by atoms with Crippen molar-refractivity contribution < 1.29 is 4.42 Å². The van der Waals surface area contributed by atoms with Gasteiger partial charge in [0.1, 0.15) is 11.4 Å². The smallest absolute Gasteiger partial charge is 0.336 e. The molecule has 2 aromatic carbocycles. The van der Waals surface area contributed by atoms with Crippen LogP contribution in [0.3, 0.4) is 0 Å². The summed E-state index contributed by atoms with van der Waals surface area (Å²) in [6, 6.07) is 17.8. The van der Waals surface area contributed by atoms with E-state index in [1.165, 1.54) is 5.56 Å². The van der Waals surface area contributed by atoms with Gasteiger partial charge >= 0.3 is 5.63 Å². The fourth-order valence-electron chi connectivity index (χ4n) is 3.25. The number of nitrogens with zero attached hydrogens (tertiary/aromatic N) is 3. The number of aromatic nitrogens is 3. The maximum atomic E-state index is 11.9. The Bertz CT molecular complexity index is 1170. The summed E-state index contributed by atoms with van der Waals surface area (Å²) in [5.74, 6) is 1.58. The Morgan fingerprint density at radius 1 is 1.07 bits per heavy atom. The molecule has 0 amide bonds. The standard InChI is InChI=1S/C22H21N3O2S/c1-3-25-20(12-16-7-5-4-6-8-16)23-24-22(25)28-14-17-13-21(26)27-19-11-15(2)9-10-18(17)19/h4-11,13H,3,12,14H2,1-2H3. The van der Waals surface area contributed by atoms with E-state index >= 15 is 0 Å². The number of fused-ring (bicyclic) bond motifs is 1. The average Bonchev–Trinajstić information content (AvgIpc) is 3.07. The number of hydrogen-bond donors (Lipinski definition) is 0. The summed E-state index contributed by atoms with van der Waals surface area (Å²) < 4.78 is 7.49. The van der Waals surface area contributed by atoms with Crippen LogP contribution in [0.1, 0.15) is 29.4 Å². The Kier molecular flexibility index (Phi) is 5.30. The van der Waals surface area contributed by atoms with Gasteiger partial charge in [-0.05, 0) is 36.6 Å². The van der Waals surface area contributed by atoms with Crippen LogP contribution < -0.4 is 5.63 Å². The lowest BCUT2D eigenvalue weighted by Crippen LogP contribution is -2.04. The van der Waals surface area contributed by atoms with Crippen LogP contribution in [0.25, 0.3) is 11.0 Å².